The number of rotatable bonds is 7. The molecule has 3 rings (SSSR count). The maximum absolute atomic E-state index is 12.4. The zero-order valence-electron chi connectivity index (χ0n) is 15.8. The zero-order chi connectivity index (χ0) is 20.9. The Morgan fingerprint density at radius 3 is 2.45 bits per heavy atom. The van der Waals surface area contributed by atoms with Crippen LogP contribution in [0.15, 0.2) is 77.3 Å². The number of hydrogen-bond acceptors (Lipinski definition) is 4. The summed E-state index contributed by atoms with van der Waals surface area (Å²) in [6.45, 7) is 1.96. The number of carbonyl (C=O) groups is 1. The number of benzene rings is 3. The normalized spacial score (nSPS) is 11.1. The summed E-state index contributed by atoms with van der Waals surface area (Å²) in [7, 11) is -3.61. The second kappa shape index (κ2) is 9.24. The van der Waals surface area contributed by atoms with Crippen LogP contribution in [0.3, 0.4) is 0 Å². The Morgan fingerprint density at radius 2 is 1.72 bits per heavy atom. The lowest BCUT2D eigenvalue weighted by atomic mass is 10.2. The Morgan fingerprint density at radius 1 is 1.00 bits per heavy atom. The third kappa shape index (κ3) is 6.44. The van der Waals surface area contributed by atoms with E-state index in [4.69, 9.17) is 4.74 Å². The van der Waals surface area contributed by atoms with Gasteiger partial charge in [-0.25, -0.2) is 8.42 Å². The van der Waals surface area contributed by atoms with Gasteiger partial charge in [-0.2, -0.15) is 0 Å². The predicted octanol–water partition coefficient (Wildman–Crippen LogP) is 5.10. The molecule has 0 fully saturated rings. The molecule has 0 aliphatic rings. The molecule has 0 bridgehead atoms. The quantitative estimate of drug-likeness (QED) is 0.517. The van der Waals surface area contributed by atoms with E-state index in [9.17, 15) is 13.2 Å². The highest BCUT2D eigenvalue weighted by Crippen LogP contribution is 2.29. The van der Waals surface area contributed by atoms with Crippen molar-refractivity contribution in [2.45, 2.75) is 12.7 Å². The molecule has 0 spiro atoms. The van der Waals surface area contributed by atoms with Gasteiger partial charge in [-0.15, -0.1) is 0 Å². The van der Waals surface area contributed by atoms with Gasteiger partial charge in [0, 0.05) is 4.47 Å². The Hall–Kier alpha value is -2.64. The van der Waals surface area contributed by atoms with Crippen molar-refractivity contribution in [1.29, 1.82) is 0 Å². The SMILES string of the molecule is Cc1cccc(Oc2ccccc2NC(=O)CS(=O)(=O)Cc2ccc(Br)cc2)c1. The van der Waals surface area contributed by atoms with Gasteiger partial charge in [0.15, 0.2) is 15.6 Å². The molecule has 0 aromatic heterocycles. The molecule has 1 amide bonds. The van der Waals surface area contributed by atoms with Gasteiger partial charge < -0.3 is 10.1 Å². The number of amides is 1. The van der Waals surface area contributed by atoms with Crippen molar-refractivity contribution in [3.8, 4) is 11.5 Å². The number of carbonyl (C=O) groups excluding carboxylic acids is 1. The minimum Gasteiger partial charge on any atom is -0.455 e. The molecule has 150 valence electrons. The molecule has 0 radical (unpaired) electrons. The van der Waals surface area contributed by atoms with Gasteiger partial charge in [0.05, 0.1) is 11.4 Å². The van der Waals surface area contributed by atoms with Crippen LogP contribution in [0, 0.1) is 6.92 Å². The molecule has 29 heavy (non-hydrogen) atoms. The van der Waals surface area contributed by atoms with Crippen LogP contribution in [0.4, 0.5) is 5.69 Å². The van der Waals surface area contributed by atoms with Gasteiger partial charge in [-0.3, -0.25) is 4.79 Å². The summed E-state index contributed by atoms with van der Waals surface area (Å²) in [5.74, 6) is -0.342. The first kappa shape index (κ1) is 21.1. The number of ether oxygens (including phenoxy) is 1. The van der Waals surface area contributed by atoms with Crippen molar-refractivity contribution in [2.24, 2.45) is 0 Å². The summed E-state index contributed by atoms with van der Waals surface area (Å²) in [5.41, 5.74) is 2.09. The Labute approximate surface area is 178 Å². The summed E-state index contributed by atoms with van der Waals surface area (Å²) >= 11 is 3.31. The molecule has 5 nitrogen and oxygen atoms in total. The van der Waals surface area contributed by atoms with Crippen molar-refractivity contribution in [3.05, 3.63) is 88.4 Å². The molecular formula is C22H20BrNO4S. The van der Waals surface area contributed by atoms with Crippen molar-refractivity contribution in [1.82, 2.24) is 0 Å². The standard InChI is InChI=1S/C22H20BrNO4S/c1-16-5-4-6-19(13-16)28-21-8-3-2-7-20(21)24-22(25)15-29(26,27)14-17-9-11-18(23)12-10-17/h2-13H,14-15H2,1H3,(H,24,25). The number of para-hydroxylation sites is 2. The molecule has 3 aromatic rings. The van der Waals surface area contributed by atoms with Gasteiger partial charge >= 0.3 is 0 Å². The van der Waals surface area contributed by atoms with Crippen molar-refractivity contribution >= 4 is 37.4 Å². The van der Waals surface area contributed by atoms with Crippen molar-refractivity contribution < 1.29 is 17.9 Å². The Balaban J connectivity index is 1.68. The number of nitrogens with one attached hydrogen (secondary N) is 1. The van der Waals surface area contributed by atoms with Crippen LogP contribution in [0.2, 0.25) is 0 Å². The number of aryl methyl sites for hydroxylation is 1. The average Bonchev–Trinajstić information content (AvgIpc) is 2.64. The fourth-order valence-corrected chi connectivity index (χ4v) is 4.27. The van der Waals surface area contributed by atoms with Crippen LogP contribution in [0.25, 0.3) is 0 Å². The fourth-order valence-electron chi connectivity index (χ4n) is 2.74. The van der Waals surface area contributed by atoms with E-state index in [0.29, 0.717) is 22.7 Å². The number of anilines is 1. The molecule has 0 heterocycles. The smallest absolute Gasteiger partial charge is 0.239 e. The summed E-state index contributed by atoms with van der Waals surface area (Å²) in [6, 6.07) is 21.4. The zero-order valence-corrected chi connectivity index (χ0v) is 18.2. The van der Waals surface area contributed by atoms with Crippen LogP contribution >= 0.6 is 15.9 Å². The van der Waals surface area contributed by atoms with E-state index >= 15 is 0 Å². The number of halogens is 1. The monoisotopic (exact) mass is 473 g/mol. The van der Waals surface area contributed by atoms with Gasteiger partial charge in [-0.1, -0.05) is 52.3 Å². The molecule has 0 unspecified atom stereocenters. The highest BCUT2D eigenvalue weighted by Gasteiger charge is 2.19. The highest BCUT2D eigenvalue weighted by molar-refractivity contribution is 9.10. The van der Waals surface area contributed by atoms with E-state index in [0.717, 1.165) is 10.0 Å². The number of hydrogen-bond donors (Lipinski definition) is 1. The van der Waals surface area contributed by atoms with E-state index in [1.54, 1.807) is 48.5 Å². The second-order valence-electron chi connectivity index (χ2n) is 6.62. The van der Waals surface area contributed by atoms with E-state index < -0.39 is 21.5 Å². The van der Waals surface area contributed by atoms with Gasteiger partial charge in [-0.05, 0) is 54.4 Å². The van der Waals surface area contributed by atoms with Crippen LogP contribution in [0.1, 0.15) is 11.1 Å². The maximum Gasteiger partial charge on any atom is 0.239 e. The molecular weight excluding hydrogens is 454 g/mol. The largest absolute Gasteiger partial charge is 0.455 e. The first-order valence-corrected chi connectivity index (χ1v) is 11.5. The Bertz CT molecular complexity index is 1110. The lowest BCUT2D eigenvalue weighted by molar-refractivity contribution is -0.113. The van der Waals surface area contributed by atoms with Crippen molar-refractivity contribution in [2.75, 3.05) is 11.1 Å². The molecule has 0 atom stereocenters. The fraction of sp³-hybridized carbons (Fsp3) is 0.136. The van der Waals surface area contributed by atoms with Gasteiger partial charge in [0.2, 0.25) is 5.91 Å². The third-order valence-corrected chi connectivity index (χ3v) is 6.03. The molecule has 0 aliphatic heterocycles. The minimum absolute atomic E-state index is 0.199. The molecule has 0 aliphatic carbocycles. The molecule has 0 saturated carbocycles. The first-order chi connectivity index (χ1) is 13.8. The summed E-state index contributed by atoms with van der Waals surface area (Å²) in [5, 5.41) is 2.65. The second-order valence-corrected chi connectivity index (χ2v) is 9.60. The summed E-state index contributed by atoms with van der Waals surface area (Å²) in [4.78, 5) is 12.4. The van der Waals surface area contributed by atoms with E-state index in [2.05, 4.69) is 21.2 Å². The van der Waals surface area contributed by atoms with Crippen LogP contribution < -0.4 is 10.1 Å². The van der Waals surface area contributed by atoms with E-state index in [-0.39, 0.29) is 5.75 Å². The summed E-state index contributed by atoms with van der Waals surface area (Å²) < 4.78 is 31.5. The van der Waals surface area contributed by atoms with Crippen LogP contribution in [0.5, 0.6) is 11.5 Å². The highest BCUT2D eigenvalue weighted by atomic mass is 79.9. The molecule has 1 N–H and O–H groups in total. The maximum atomic E-state index is 12.4. The van der Waals surface area contributed by atoms with Gasteiger partial charge in [0.1, 0.15) is 11.5 Å². The minimum atomic E-state index is -3.61. The lowest BCUT2D eigenvalue weighted by Crippen LogP contribution is -2.24. The summed E-state index contributed by atoms with van der Waals surface area (Å²) in [6.07, 6.45) is 0. The molecule has 3 aromatic carbocycles. The van der Waals surface area contributed by atoms with E-state index in [1.165, 1.54) is 0 Å². The van der Waals surface area contributed by atoms with E-state index in [1.807, 2.05) is 31.2 Å². The van der Waals surface area contributed by atoms with Crippen LogP contribution in [-0.2, 0) is 20.4 Å². The van der Waals surface area contributed by atoms with Gasteiger partial charge in [0.25, 0.3) is 0 Å². The number of sulfone groups is 1. The lowest BCUT2D eigenvalue weighted by Gasteiger charge is -2.13. The first-order valence-electron chi connectivity index (χ1n) is 8.89. The average molecular weight is 474 g/mol. The predicted molar refractivity (Wildman–Crippen MR) is 118 cm³/mol. The van der Waals surface area contributed by atoms with Crippen LogP contribution in [-0.4, -0.2) is 20.1 Å². The Kier molecular flexibility index (Phi) is 6.71. The third-order valence-electron chi connectivity index (χ3n) is 4.03. The van der Waals surface area contributed by atoms with Crippen molar-refractivity contribution in [3.63, 3.8) is 0 Å². The topological polar surface area (TPSA) is 72.5 Å². The molecule has 7 heteroatoms. The molecule has 0 saturated heterocycles.